The van der Waals surface area contributed by atoms with Gasteiger partial charge in [-0.3, -0.25) is 0 Å². The van der Waals surface area contributed by atoms with Gasteiger partial charge in [0.05, 0.1) is 0 Å². The number of nitrogens with zero attached hydrogens (tertiary/aromatic N) is 4. The van der Waals surface area contributed by atoms with Crippen LogP contribution in [-0.4, -0.2) is 14.1 Å². The average molecular weight is 1120 g/mol. The first-order chi connectivity index (χ1) is 35.0. The number of fused-ring (bicyclic) bond motifs is 10. The summed E-state index contributed by atoms with van der Waals surface area (Å²) < 4.78 is 30.1. The molecule has 0 aliphatic carbocycles. The van der Waals surface area contributed by atoms with Gasteiger partial charge in [0.15, 0.2) is 0 Å². The minimum absolute atomic E-state index is 0. The van der Waals surface area contributed by atoms with Crippen molar-refractivity contribution in [1.29, 1.82) is 0 Å². The molecule has 6 heteroatoms. The van der Waals surface area contributed by atoms with Gasteiger partial charge >= 0.3 is 0 Å². The van der Waals surface area contributed by atoms with Crippen molar-refractivity contribution in [2.24, 2.45) is 5.92 Å². The van der Waals surface area contributed by atoms with Gasteiger partial charge in [0.25, 0.3) is 0 Å². The van der Waals surface area contributed by atoms with Gasteiger partial charge in [0.2, 0.25) is 0 Å². The van der Waals surface area contributed by atoms with Crippen LogP contribution in [0.5, 0.6) is 11.5 Å². The largest absolute Gasteiger partial charge is 0.509 e. The van der Waals surface area contributed by atoms with Gasteiger partial charge < -0.3 is 18.8 Å². The Balaban J connectivity index is 0.00000588. The van der Waals surface area contributed by atoms with Crippen LogP contribution in [-0.2, 0) is 38.3 Å². The zero-order valence-electron chi connectivity index (χ0n) is 43.9. The number of anilines is 2. The smallest absolute Gasteiger partial charge is 0.135 e. The molecule has 360 valence electrons. The molecule has 0 amide bonds. The normalized spacial score (nSPS) is 13.2. The van der Waals surface area contributed by atoms with Crippen molar-refractivity contribution >= 4 is 76.5 Å². The van der Waals surface area contributed by atoms with Crippen LogP contribution in [0, 0.1) is 24.7 Å². The molecule has 0 bridgehead atoms. The van der Waals surface area contributed by atoms with Gasteiger partial charge in [-0.1, -0.05) is 182 Å². The van der Waals surface area contributed by atoms with Crippen LogP contribution < -0.4 is 9.64 Å². The maximum atomic E-state index is 9.38. The van der Waals surface area contributed by atoms with Crippen molar-refractivity contribution in [3.63, 3.8) is 0 Å². The first kappa shape index (κ1) is 44.6. The minimum atomic E-state index is -1.55. The monoisotopic (exact) mass is 1120 g/mol. The summed E-state index contributed by atoms with van der Waals surface area (Å²) in [6.45, 7) is 19.4. The zero-order valence-corrected chi connectivity index (χ0v) is 44.2. The molecule has 8 aromatic carbocycles. The van der Waals surface area contributed by atoms with Crippen molar-refractivity contribution in [3.8, 4) is 28.4 Å². The molecule has 5 nitrogen and oxygen atoms in total. The fraction of sp³-hybridized carbons (Fsp3) is 0.182. The Morgan fingerprint density at radius 3 is 1.89 bits per heavy atom. The summed E-state index contributed by atoms with van der Waals surface area (Å²) in [5.41, 5.74) is 10.5. The van der Waals surface area contributed by atoms with Crippen LogP contribution in [0.25, 0.3) is 82.1 Å². The maximum absolute atomic E-state index is 9.38. The third-order valence-electron chi connectivity index (χ3n) is 13.9. The van der Waals surface area contributed by atoms with E-state index in [4.69, 9.17) is 9.72 Å². The van der Waals surface area contributed by atoms with Crippen molar-refractivity contribution in [2.75, 3.05) is 4.90 Å². The summed E-state index contributed by atoms with van der Waals surface area (Å²) in [4.78, 5) is 7.10. The molecule has 11 aromatic rings. The minimum Gasteiger partial charge on any atom is -0.509 e. The van der Waals surface area contributed by atoms with Crippen molar-refractivity contribution in [1.82, 2.24) is 14.1 Å². The van der Waals surface area contributed by atoms with Gasteiger partial charge in [0.1, 0.15) is 5.82 Å². The second-order valence-corrected chi connectivity index (χ2v) is 21.3. The van der Waals surface area contributed by atoms with Crippen molar-refractivity contribution < 1.29 is 28.5 Å². The molecule has 0 spiro atoms. The predicted molar refractivity (Wildman–Crippen MR) is 298 cm³/mol. The number of para-hydroxylation sites is 3. The Bertz CT molecular complexity index is 4100. The Kier molecular flexibility index (Phi) is 11.2. The number of rotatable bonds is 7. The molecule has 0 saturated carbocycles. The first-order valence-corrected chi connectivity index (χ1v) is 24.7. The summed E-state index contributed by atoms with van der Waals surface area (Å²) in [6.07, 6.45) is 0.342. The van der Waals surface area contributed by atoms with E-state index < -0.39 is 6.37 Å². The Morgan fingerprint density at radius 2 is 1.19 bits per heavy atom. The molecule has 0 unspecified atom stereocenters. The van der Waals surface area contributed by atoms with Crippen LogP contribution in [0.1, 0.15) is 74.8 Å². The molecule has 0 atom stereocenters. The predicted octanol–water partition coefficient (Wildman–Crippen LogP) is 17.7. The Labute approximate surface area is 440 Å². The van der Waals surface area contributed by atoms with E-state index in [2.05, 4.69) is 226 Å². The molecule has 4 heterocycles. The maximum Gasteiger partial charge on any atom is 0.135 e. The van der Waals surface area contributed by atoms with Gasteiger partial charge in [-0.05, 0) is 131 Å². The number of ether oxygens (including phenoxy) is 1. The molecular weight excluding hydrogens is 1060 g/mol. The number of aromatic nitrogens is 3. The number of hydrogen-bond acceptors (Lipinski definition) is 3. The molecule has 0 N–H and O–H groups in total. The topological polar surface area (TPSA) is 35.2 Å². The molecule has 0 saturated heterocycles. The fourth-order valence-corrected chi connectivity index (χ4v) is 10.5. The van der Waals surface area contributed by atoms with Gasteiger partial charge in [-0.25, -0.2) is 4.98 Å². The quantitative estimate of drug-likeness (QED) is 0.149. The summed E-state index contributed by atoms with van der Waals surface area (Å²) in [5, 5.41) is 8.91. The van der Waals surface area contributed by atoms with Crippen LogP contribution in [0.2, 0.25) is 0 Å². The van der Waals surface area contributed by atoms with Gasteiger partial charge in [-0.2, -0.15) is 12.1 Å². The second-order valence-electron chi connectivity index (χ2n) is 21.3. The van der Waals surface area contributed by atoms with E-state index in [1.165, 1.54) is 5.56 Å². The zero-order chi connectivity index (χ0) is 50.6. The fourth-order valence-electron chi connectivity index (χ4n) is 10.5. The molecule has 3 aromatic heterocycles. The molecule has 12 rings (SSSR count). The molecule has 0 fully saturated rings. The average Bonchev–Trinajstić information content (AvgIpc) is 3.96. The van der Waals surface area contributed by atoms with E-state index in [1.807, 2.05) is 38.2 Å². The standard InChI is InChI=1S/C66H57N4O.Pt/c1-42(2)34-43-35-44(37-46(36-43)66(6,7)8)50-25-16-26-57-53-22-11-9-20-51(53)52-21-10-12-23-54(52)58-27-17-29-60-64(58)69(63(50)57)41-68(60)47-18-15-19-48(39-47)71-49-30-31-56-55-24-13-14-28-59(55)70(61(56)40-49)62-38-45(32-33-67-62)65(3,4)5;/h9-33,35-38,41-42H,34H2,1-8H3;/q-3;/i34D2;. The molecule has 1 aliphatic heterocycles. The van der Waals surface area contributed by atoms with Gasteiger partial charge in [-0.15, -0.1) is 35.7 Å². The van der Waals surface area contributed by atoms with E-state index in [1.54, 1.807) is 0 Å². The third kappa shape index (κ3) is 8.18. The van der Waals surface area contributed by atoms with E-state index in [0.717, 1.165) is 99.0 Å². The van der Waals surface area contributed by atoms with Crippen LogP contribution in [0.3, 0.4) is 0 Å². The van der Waals surface area contributed by atoms with E-state index in [0.29, 0.717) is 17.1 Å². The second kappa shape index (κ2) is 18.1. The number of pyridine rings is 1. The van der Waals surface area contributed by atoms with E-state index in [-0.39, 0.29) is 37.8 Å². The first-order valence-electron chi connectivity index (χ1n) is 25.7. The van der Waals surface area contributed by atoms with Crippen molar-refractivity contribution in [3.05, 3.63) is 212 Å². The van der Waals surface area contributed by atoms with Gasteiger partial charge in [0, 0.05) is 52.7 Å². The van der Waals surface area contributed by atoms with E-state index in [9.17, 15) is 2.74 Å². The summed E-state index contributed by atoms with van der Waals surface area (Å²) in [5.74, 6) is 1.73. The molecule has 0 radical (unpaired) electrons. The van der Waals surface area contributed by atoms with Crippen LogP contribution in [0.4, 0.5) is 11.4 Å². The molecule has 1 aliphatic rings. The summed E-state index contributed by atoms with van der Waals surface area (Å²) >= 11 is 0. The number of hydrogen-bond donors (Lipinski definition) is 0. The summed E-state index contributed by atoms with van der Waals surface area (Å²) in [6, 6.07) is 67.2. The van der Waals surface area contributed by atoms with Crippen LogP contribution in [0.15, 0.2) is 176 Å². The van der Waals surface area contributed by atoms with Crippen LogP contribution >= 0.6 is 0 Å². The Hall–Kier alpha value is -7.33. The van der Waals surface area contributed by atoms with Crippen molar-refractivity contribution in [2.45, 2.75) is 72.6 Å². The Morgan fingerprint density at radius 1 is 0.583 bits per heavy atom. The third-order valence-corrected chi connectivity index (χ3v) is 13.9. The molecule has 72 heavy (non-hydrogen) atoms. The number of benzene rings is 8. The molecular formula is C66H57N4OPt-3. The SMILES string of the molecule is [2H]C([2H])(c1cc(-c2cccc3c4ccccc4c4ccccc4c4cccc5c4n(c23)[CH-]N5c2[c-]c(Oc3[c-]c4c(cc3)c3ccccc3n4-c3cc(C(C)(C)C)ccn3)ccc2)cc(C(C)(C)C)c1)C(C)C.[Pt]. The van der Waals surface area contributed by atoms with E-state index >= 15 is 0 Å². The summed E-state index contributed by atoms with van der Waals surface area (Å²) in [7, 11) is 0.